The molecule has 1 rings (SSSR count). The molecule has 0 heterocycles. The molecule has 0 saturated carbocycles. The van der Waals surface area contributed by atoms with Crippen molar-refractivity contribution in [2.24, 2.45) is 11.7 Å². The quantitative estimate of drug-likeness (QED) is 0.627. The number of carbonyl (C=O) groups is 2. The lowest BCUT2D eigenvalue weighted by Crippen LogP contribution is -2.21. The molecule has 0 radical (unpaired) electrons. The monoisotopic (exact) mass is 351 g/mol. The number of hydrogen-bond acceptors (Lipinski definition) is 3. The van der Waals surface area contributed by atoms with E-state index in [9.17, 15) is 27.7 Å². The van der Waals surface area contributed by atoms with E-state index in [1.54, 1.807) is 0 Å². The van der Waals surface area contributed by atoms with Crippen LogP contribution >= 0.6 is 8.15 Å². The molecule has 5 nitrogen and oxygen atoms in total. The minimum Gasteiger partial charge on any atom is -0.481 e. The summed E-state index contributed by atoms with van der Waals surface area (Å²) in [5, 5.41) is 9.05. The van der Waals surface area contributed by atoms with Crippen LogP contribution in [0.25, 0.3) is 0 Å². The van der Waals surface area contributed by atoms with Gasteiger partial charge in [0.25, 0.3) is 0 Å². The molecule has 1 aromatic rings. The second kappa shape index (κ2) is 8.26. The molecule has 0 bridgehead atoms. The van der Waals surface area contributed by atoms with Gasteiger partial charge in [0, 0.05) is 26.9 Å². The van der Waals surface area contributed by atoms with E-state index in [4.69, 9.17) is 10.8 Å². The Morgan fingerprint density at radius 3 is 2.22 bits per heavy atom. The molecular formula is C14H17F3NO4P. The Morgan fingerprint density at radius 1 is 1.22 bits per heavy atom. The van der Waals surface area contributed by atoms with Gasteiger partial charge < -0.3 is 15.7 Å². The zero-order valence-corrected chi connectivity index (χ0v) is 13.0. The van der Waals surface area contributed by atoms with Crippen molar-refractivity contribution in [2.45, 2.75) is 25.2 Å². The largest absolute Gasteiger partial charge is 0.481 e. The van der Waals surface area contributed by atoms with Crippen LogP contribution in [0.15, 0.2) is 24.3 Å². The van der Waals surface area contributed by atoms with Crippen LogP contribution in [0.4, 0.5) is 13.2 Å². The van der Waals surface area contributed by atoms with Crippen molar-refractivity contribution in [1.82, 2.24) is 0 Å². The molecule has 4 N–H and O–H groups in total. The van der Waals surface area contributed by atoms with Crippen LogP contribution in [0.3, 0.4) is 0 Å². The molecule has 0 aliphatic heterocycles. The molecule has 0 aliphatic carbocycles. The summed E-state index contributed by atoms with van der Waals surface area (Å²) in [7, 11) is -1.71. The van der Waals surface area contributed by atoms with Gasteiger partial charge in [-0.2, -0.15) is 13.2 Å². The second-order valence-corrected chi connectivity index (χ2v) is 6.78. The van der Waals surface area contributed by atoms with E-state index in [-0.39, 0.29) is 25.2 Å². The first-order valence-electron chi connectivity index (χ1n) is 6.70. The zero-order chi connectivity index (χ0) is 17.6. The number of rotatable bonds is 8. The van der Waals surface area contributed by atoms with Crippen molar-refractivity contribution in [3.63, 3.8) is 0 Å². The van der Waals surface area contributed by atoms with E-state index >= 15 is 0 Å². The van der Waals surface area contributed by atoms with Gasteiger partial charge >= 0.3 is 12.1 Å². The number of halogens is 3. The van der Waals surface area contributed by atoms with Crippen molar-refractivity contribution < 1.29 is 32.8 Å². The predicted molar refractivity (Wildman–Crippen MR) is 78.7 cm³/mol. The zero-order valence-electron chi connectivity index (χ0n) is 12.1. The van der Waals surface area contributed by atoms with E-state index in [2.05, 4.69) is 0 Å². The highest BCUT2D eigenvalue weighted by Crippen LogP contribution is 2.38. The SMILES string of the molecule is NC(=O)CCC(CP(O)Cc1ccc(C(F)(F)F)cc1)C(=O)O. The molecule has 0 aliphatic rings. The van der Waals surface area contributed by atoms with Crippen LogP contribution < -0.4 is 5.73 Å². The van der Waals surface area contributed by atoms with E-state index in [1.807, 2.05) is 0 Å². The van der Waals surface area contributed by atoms with Gasteiger partial charge in [-0.05, 0) is 24.1 Å². The first-order chi connectivity index (χ1) is 10.6. The van der Waals surface area contributed by atoms with Gasteiger partial charge in [-0.3, -0.25) is 9.59 Å². The summed E-state index contributed by atoms with van der Waals surface area (Å²) in [5.74, 6) is -2.67. The molecule has 0 spiro atoms. The Bertz CT molecular complexity index is 548. The number of carboxylic acids is 1. The fourth-order valence-electron chi connectivity index (χ4n) is 1.94. The number of aliphatic carboxylic acids is 1. The van der Waals surface area contributed by atoms with Gasteiger partial charge in [0.15, 0.2) is 0 Å². The van der Waals surface area contributed by atoms with Gasteiger partial charge in [0.1, 0.15) is 0 Å². The highest BCUT2D eigenvalue weighted by atomic mass is 31.1. The van der Waals surface area contributed by atoms with Crippen LogP contribution in [0.2, 0.25) is 0 Å². The molecule has 23 heavy (non-hydrogen) atoms. The van der Waals surface area contributed by atoms with Gasteiger partial charge in [-0.25, -0.2) is 0 Å². The van der Waals surface area contributed by atoms with Crippen LogP contribution in [-0.2, 0) is 21.9 Å². The molecule has 1 amide bonds. The third-order valence-corrected chi connectivity index (χ3v) is 4.76. The highest BCUT2D eigenvalue weighted by molar-refractivity contribution is 7.50. The van der Waals surface area contributed by atoms with Crippen LogP contribution in [0.5, 0.6) is 0 Å². The summed E-state index contributed by atoms with van der Waals surface area (Å²) in [6, 6.07) is 4.35. The van der Waals surface area contributed by atoms with Crippen molar-refractivity contribution in [1.29, 1.82) is 0 Å². The number of nitrogens with two attached hydrogens (primary N) is 1. The lowest BCUT2D eigenvalue weighted by atomic mass is 10.1. The average molecular weight is 351 g/mol. The lowest BCUT2D eigenvalue weighted by Gasteiger charge is -2.16. The number of carbonyl (C=O) groups excluding carboxylic acids is 1. The first kappa shape index (κ1) is 19.4. The standard InChI is InChI=1S/C14H17F3NO4P/c15-14(16,17)11-4-1-9(2-5-11)7-23(22)8-10(13(20)21)3-6-12(18)19/h1-2,4-5,10,22H,3,6-8H2,(H2,18,19)(H,20,21). The molecule has 9 heteroatoms. The minimum atomic E-state index is -4.42. The highest BCUT2D eigenvalue weighted by Gasteiger charge is 2.30. The summed E-state index contributed by atoms with van der Waals surface area (Å²) in [6.07, 6.45) is -4.45. The van der Waals surface area contributed by atoms with Gasteiger partial charge in [-0.15, -0.1) is 0 Å². The van der Waals surface area contributed by atoms with Crippen molar-refractivity contribution >= 4 is 20.0 Å². The topological polar surface area (TPSA) is 101 Å². The van der Waals surface area contributed by atoms with Crippen LogP contribution in [0, 0.1) is 5.92 Å². The normalized spacial score (nSPS) is 14.3. The number of alkyl halides is 3. The maximum absolute atomic E-state index is 12.4. The lowest BCUT2D eigenvalue weighted by molar-refractivity contribution is -0.141. The third-order valence-electron chi connectivity index (χ3n) is 3.17. The molecule has 0 aromatic heterocycles. The maximum Gasteiger partial charge on any atom is 0.416 e. The molecular weight excluding hydrogens is 334 g/mol. The van der Waals surface area contributed by atoms with E-state index in [1.165, 1.54) is 12.1 Å². The molecule has 128 valence electrons. The van der Waals surface area contributed by atoms with Crippen LogP contribution in [0.1, 0.15) is 24.0 Å². The van der Waals surface area contributed by atoms with E-state index in [0.29, 0.717) is 5.56 Å². The summed E-state index contributed by atoms with van der Waals surface area (Å²) >= 11 is 0. The number of primary amides is 1. The Kier molecular flexibility index (Phi) is 6.97. The van der Waals surface area contributed by atoms with Crippen molar-refractivity contribution in [3.05, 3.63) is 35.4 Å². The number of benzene rings is 1. The maximum atomic E-state index is 12.4. The van der Waals surface area contributed by atoms with Gasteiger partial charge in [-0.1, -0.05) is 12.1 Å². The van der Waals surface area contributed by atoms with Crippen molar-refractivity contribution in [3.8, 4) is 0 Å². The number of hydrogen-bond donors (Lipinski definition) is 3. The first-order valence-corrected chi connectivity index (χ1v) is 8.37. The smallest absolute Gasteiger partial charge is 0.416 e. The van der Waals surface area contributed by atoms with E-state index in [0.717, 1.165) is 12.1 Å². The fourth-order valence-corrected chi connectivity index (χ4v) is 3.55. The Balaban J connectivity index is 2.62. The molecule has 1 aromatic carbocycles. The van der Waals surface area contributed by atoms with Gasteiger partial charge in [0.05, 0.1) is 11.5 Å². The van der Waals surface area contributed by atoms with E-state index < -0.39 is 37.7 Å². The Labute approximate surface area is 132 Å². The Hall–Kier alpha value is -1.66. The minimum absolute atomic E-state index is 0.0249. The molecule has 2 atom stereocenters. The Morgan fingerprint density at radius 2 is 1.78 bits per heavy atom. The van der Waals surface area contributed by atoms with Gasteiger partial charge in [0.2, 0.25) is 5.91 Å². The van der Waals surface area contributed by atoms with Crippen molar-refractivity contribution in [2.75, 3.05) is 6.16 Å². The third kappa shape index (κ3) is 6.97. The number of amides is 1. The summed E-state index contributed by atoms with van der Waals surface area (Å²) in [4.78, 5) is 31.8. The molecule has 2 unspecified atom stereocenters. The average Bonchev–Trinajstić information content (AvgIpc) is 2.42. The molecule has 0 fully saturated rings. The second-order valence-electron chi connectivity index (χ2n) is 5.08. The molecule has 0 saturated heterocycles. The number of carboxylic acid groups (broad SMARTS) is 1. The summed E-state index contributed by atoms with van der Waals surface area (Å²) in [5.41, 5.74) is 4.67. The fraction of sp³-hybridized carbons (Fsp3) is 0.429. The van der Waals surface area contributed by atoms with Crippen LogP contribution in [-0.4, -0.2) is 28.0 Å². The summed E-state index contributed by atoms with van der Waals surface area (Å²) in [6.45, 7) is 0. The predicted octanol–water partition coefficient (Wildman–Crippen LogP) is 2.56. The summed E-state index contributed by atoms with van der Waals surface area (Å²) < 4.78 is 37.3.